The normalized spacial score (nSPS) is 13.2. The van der Waals surface area contributed by atoms with Gasteiger partial charge >= 0.3 is 0 Å². The molecule has 0 saturated heterocycles. The maximum atomic E-state index is 6.26. The minimum atomic E-state index is 0.120. The molecule has 1 atom stereocenters. The monoisotopic (exact) mass is 230 g/mol. The fraction of sp³-hybridized carbons (Fsp3) is 0.500. The average Bonchev–Trinajstić information content (AvgIpc) is 2.15. The van der Waals surface area contributed by atoms with Gasteiger partial charge < -0.3 is 0 Å². The summed E-state index contributed by atoms with van der Waals surface area (Å²) < 4.78 is 0. The third kappa shape index (κ3) is 3.89. The van der Waals surface area contributed by atoms with Gasteiger partial charge in [0.15, 0.2) is 0 Å². The molecule has 1 aromatic rings. The van der Waals surface area contributed by atoms with E-state index in [9.17, 15) is 0 Å². The largest absolute Gasteiger partial charge is 0.118 e. The minimum absolute atomic E-state index is 0.120. The van der Waals surface area contributed by atoms with Crippen molar-refractivity contribution in [2.45, 2.75) is 32.1 Å². The molecule has 0 fully saturated rings. The molecule has 0 amide bonds. The highest BCUT2D eigenvalue weighted by Crippen LogP contribution is 2.27. The second-order valence-electron chi connectivity index (χ2n) is 3.99. The summed E-state index contributed by atoms with van der Waals surface area (Å²) in [5.41, 5.74) is 1.16. The fourth-order valence-corrected chi connectivity index (χ4v) is 1.72. The van der Waals surface area contributed by atoms with Crippen molar-refractivity contribution in [3.8, 4) is 0 Å². The standard InChI is InChI=1S/C12H16Cl2/c1-9(2)3-8-12(14)10-4-6-11(13)7-5-10/h4-7,9,12H,3,8H2,1-2H3. The summed E-state index contributed by atoms with van der Waals surface area (Å²) in [6.07, 6.45) is 2.19. The smallest absolute Gasteiger partial charge is 0.0585 e. The van der Waals surface area contributed by atoms with Gasteiger partial charge in [-0.2, -0.15) is 0 Å². The number of hydrogen-bond acceptors (Lipinski definition) is 0. The van der Waals surface area contributed by atoms with Gasteiger partial charge in [-0.3, -0.25) is 0 Å². The van der Waals surface area contributed by atoms with Crippen LogP contribution in [-0.4, -0.2) is 0 Å². The number of hydrogen-bond donors (Lipinski definition) is 0. The van der Waals surface area contributed by atoms with Crippen molar-refractivity contribution in [3.63, 3.8) is 0 Å². The van der Waals surface area contributed by atoms with E-state index in [0.29, 0.717) is 5.92 Å². The second kappa shape index (κ2) is 5.63. The van der Waals surface area contributed by atoms with Crippen LogP contribution in [0.15, 0.2) is 24.3 Å². The first kappa shape index (κ1) is 11.9. The quantitative estimate of drug-likeness (QED) is 0.635. The molecule has 0 nitrogen and oxygen atoms in total. The summed E-state index contributed by atoms with van der Waals surface area (Å²) in [6.45, 7) is 4.43. The van der Waals surface area contributed by atoms with Crippen LogP contribution in [-0.2, 0) is 0 Å². The molecule has 0 aliphatic rings. The predicted octanol–water partition coefficient (Wildman–Crippen LogP) is 5.06. The van der Waals surface area contributed by atoms with E-state index in [2.05, 4.69) is 13.8 Å². The van der Waals surface area contributed by atoms with E-state index in [1.807, 2.05) is 24.3 Å². The Kier molecular flexibility index (Phi) is 4.77. The highest BCUT2D eigenvalue weighted by molar-refractivity contribution is 6.30. The van der Waals surface area contributed by atoms with Crippen molar-refractivity contribution >= 4 is 23.2 Å². The molecule has 0 heterocycles. The van der Waals surface area contributed by atoms with E-state index in [1.165, 1.54) is 0 Å². The molecule has 2 heteroatoms. The molecule has 0 aromatic heterocycles. The molecule has 0 saturated carbocycles. The van der Waals surface area contributed by atoms with Crippen LogP contribution < -0.4 is 0 Å². The molecule has 1 unspecified atom stereocenters. The Morgan fingerprint density at radius 3 is 2.14 bits per heavy atom. The van der Waals surface area contributed by atoms with Crippen LogP contribution in [0.4, 0.5) is 0 Å². The van der Waals surface area contributed by atoms with Gasteiger partial charge in [-0.1, -0.05) is 37.6 Å². The van der Waals surface area contributed by atoms with Crippen molar-refractivity contribution < 1.29 is 0 Å². The fourth-order valence-electron chi connectivity index (χ4n) is 1.32. The Balaban J connectivity index is 2.52. The lowest BCUT2D eigenvalue weighted by atomic mass is 10.0. The van der Waals surface area contributed by atoms with Gasteiger partial charge in [-0.15, -0.1) is 11.6 Å². The summed E-state index contributed by atoms with van der Waals surface area (Å²) in [7, 11) is 0. The van der Waals surface area contributed by atoms with Crippen molar-refractivity contribution in [2.24, 2.45) is 5.92 Å². The van der Waals surface area contributed by atoms with Gasteiger partial charge in [0, 0.05) is 5.02 Å². The van der Waals surface area contributed by atoms with E-state index in [4.69, 9.17) is 23.2 Å². The van der Waals surface area contributed by atoms with Crippen LogP contribution in [0.25, 0.3) is 0 Å². The van der Waals surface area contributed by atoms with Gasteiger partial charge in [0.2, 0.25) is 0 Å². The zero-order valence-electron chi connectivity index (χ0n) is 8.63. The van der Waals surface area contributed by atoms with Gasteiger partial charge in [0.1, 0.15) is 0 Å². The zero-order chi connectivity index (χ0) is 10.6. The molecule has 1 rings (SSSR count). The van der Waals surface area contributed by atoms with E-state index >= 15 is 0 Å². The lowest BCUT2D eigenvalue weighted by Gasteiger charge is -2.11. The first-order valence-electron chi connectivity index (χ1n) is 4.99. The minimum Gasteiger partial charge on any atom is -0.118 e. The van der Waals surface area contributed by atoms with Crippen LogP contribution in [0.3, 0.4) is 0 Å². The average molecular weight is 231 g/mol. The molecular weight excluding hydrogens is 215 g/mol. The highest BCUT2D eigenvalue weighted by Gasteiger charge is 2.08. The molecule has 78 valence electrons. The SMILES string of the molecule is CC(C)CCC(Cl)c1ccc(Cl)cc1. The lowest BCUT2D eigenvalue weighted by molar-refractivity contribution is 0.549. The molecule has 0 spiro atoms. The van der Waals surface area contributed by atoms with Crippen LogP contribution in [0.2, 0.25) is 5.02 Å². The van der Waals surface area contributed by atoms with Gasteiger partial charge in [0.25, 0.3) is 0 Å². The second-order valence-corrected chi connectivity index (χ2v) is 4.95. The third-order valence-corrected chi connectivity index (χ3v) is 2.95. The maximum Gasteiger partial charge on any atom is 0.0585 e. The summed E-state index contributed by atoms with van der Waals surface area (Å²) in [6, 6.07) is 7.78. The Bertz CT molecular complexity index is 264. The summed E-state index contributed by atoms with van der Waals surface area (Å²) >= 11 is 12.1. The van der Waals surface area contributed by atoms with Crippen LogP contribution >= 0.6 is 23.2 Å². The highest BCUT2D eigenvalue weighted by atomic mass is 35.5. The van der Waals surface area contributed by atoms with Crippen molar-refractivity contribution in [1.82, 2.24) is 0 Å². The topological polar surface area (TPSA) is 0 Å². The molecule has 0 aliphatic carbocycles. The van der Waals surface area contributed by atoms with Crippen molar-refractivity contribution in [2.75, 3.05) is 0 Å². The Labute approximate surface area is 96.2 Å². The summed E-state index contributed by atoms with van der Waals surface area (Å²) in [5, 5.41) is 0.885. The first-order chi connectivity index (χ1) is 6.59. The maximum absolute atomic E-state index is 6.26. The molecule has 0 radical (unpaired) electrons. The number of rotatable bonds is 4. The summed E-state index contributed by atoms with van der Waals surface area (Å²) in [5.74, 6) is 0.712. The van der Waals surface area contributed by atoms with E-state index < -0.39 is 0 Å². The van der Waals surface area contributed by atoms with Gasteiger partial charge in [-0.25, -0.2) is 0 Å². The predicted molar refractivity (Wildman–Crippen MR) is 64.1 cm³/mol. The molecule has 0 bridgehead atoms. The van der Waals surface area contributed by atoms with Crippen LogP contribution in [0, 0.1) is 5.92 Å². The summed E-state index contributed by atoms with van der Waals surface area (Å²) in [4.78, 5) is 0. The molecule has 14 heavy (non-hydrogen) atoms. The molecule has 1 aromatic carbocycles. The number of alkyl halides is 1. The Morgan fingerprint density at radius 2 is 1.64 bits per heavy atom. The molecular formula is C12H16Cl2. The van der Waals surface area contributed by atoms with Crippen molar-refractivity contribution in [1.29, 1.82) is 0 Å². The van der Waals surface area contributed by atoms with Crippen LogP contribution in [0.5, 0.6) is 0 Å². The van der Waals surface area contributed by atoms with Gasteiger partial charge in [-0.05, 0) is 36.5 Å². The Hall–Kier alpha value is -0.200. The van der Waals surface area contributed by atoms with Crippen molar-refractivity contribution in [3.05, 3.63) is 34.9 Å². The van der Waals surface area contributed by atoms with E-state index in [0.717, 1.165) is 23.4 Å². The van der Waals surface area contributed by atoms with Crippen LogP contribution in [0.1, 0.15) is 37.6 Å². The number of halogens is 2. The van der Waals surface area contributed by atoms with E-state index in [1.54, 1.807) is 0 Å². The lowest BCUT2D eigenvalue weighted by Crippen LogP contribution is -1.94. The Morgan fingerprint density at radius 1 is 1.07 bits per heavy atom. The molecule has 0 aliphatic heterocycles. The third-order valence-electron chi connectivity index (χ3n) is 2.23. The number of benzene rings is 1. The van der Waals surface area contributed by atoms with Gasteiger partial charge in [0.05, 0.1) is 5.38 Å². The first-order valence-corrected chi connectivity index (χ1v) is 5.80. The van der Waals surface area contributed by atoms with E-state index in [-0.39, 0.29) is 5.38 Å². The molecule has 0 N–H and O–H groups in total. The zero-order valence-corrected chi connectivity index (χ0v) is 10.1.